The number of nitrogens with zero attached hydrogens (tertiary/aromatic N) is 1. The molecule has 1 aliphatic rings. The molecule has 0 unspecified atom stereocenters. The zero-order valence-electron chi connectivity index (χ0n) is 10.4. The molecule has 1 fully saturated rings. The van der Waals surface area contributed by atoms with E-state index in [1.54, 1.807) is 6.07 Å². The molecular weight excluding hydrogens is 219 g/mol. The van der Waals surface area contributed by atoms with Crippen LogP contribution in [0.3, 0.4) is 0 Å². The largest absolute Gasteiger partial charge is 0.491 e. The van der Waals surface area contributed by atoms with Gasteiger partial charge >= 0.3 is 0 Å². The lowest BCUT2D eigenvalue weighted by atomic mass is 10.2. The van der Waals surface area contributed by atoms with Gasteiger partial charge in [0.1, 0.15) is 0 Å². The zero-order chi connectivity index (χ0) is 12.3. The van der Waals surface area contributed by atoms with E-state index in [-0.39, 0.29) is 5.82 Å². The highest BCUT2D eigenvalue weighted by molar-refractivity contribution is 5.51. The second-order valence-corrected chi connectivity index (χ2v) is 4.35. The number of hydrogen-bond acceptors (Lipinski definition) is 3. The second-order valence-electron chi connectivity index (χ2n) is 4.35. The number of benzene rings is 1. The Bertz CT molecular complexity index is 384. The third-order valence-electron chi connectivity index (χ3n) is 2.95. The molecule has 1 atom stereocenters. The Morgan fingerprint density at radius 1 is 1.53 bits per heavy atom. The molecule has 0 aliphatic carbocycles. The van der Waals surface area contributed by atoms with Crippen molar-refractivity contribution in [1.82, 2.24) is 5.32 Å². The molecule has 1 saturated heterocycles. The number of ether oxygens (including phenoxy) is 1. The lowest BCUT2D eigenvalue weighted by molar-refractivity contribution is 0.321. The first kappa shape index (κ1) is 12.2. The first-order valence-corrected chi connectivity index (χ1v) is 6.11. The summed E-state index contributed by atoms with van der Waals surface area (Å²) in [7, 11) is 0. The molecule has 3 nitrogen and oxygen atoms in total. The maximum atomic E-state index is 13.4. The van der Waals surface area contributed by atoms with E-state index in [1.165, 1.54) is 6.07 Å². The molecule has 0 amide bonds. The van der Waals surface area contributed by atoms with Gasteiger partial charge in [-0.1, -0.05) is 0 Å². The van der Waals surface area contributed by atoms with Crippen LogP contribution in [0.2, 0.25) is 0 Å². The predicted molar refractivity (Wildman–Crippen MR) is 67.2 cm³/mol. The summed E-state index contributed by atoms with van der Waals surface area (Å²) in [6.07, 6.45) is 0. The minimum atomic E-state index is -0.293. The summed E-state index contributed by atoms with van der Waals surface area (Å²) in [6.45, 7) is 7.34. The number of piperazine rings is 1. The summed E-state index contributed by atoms with van der Waals surface area (Å²) in [5.74, 6) is 0.0509. The monoisotopic (exact) mass is 238 g/mol. The highest BCUT2D eigenvalue weighted by Crippen LogP contribution is 2.25. The molecule has 1 aromatic rings. The Morgan fingerprint density at radius 3 is 3.06 bits per heavy atom. The van der Waals surface area contributed by atoms with Crippen molar-refractivity contribution in [2.45, 2.75) is 19.9 Å². The van der Waals surface area contributed by atoms with Gasteiger partial charge < -0.3 is 15.0 Å². The Morgan fingerprint density at radius 2 is 2.35 bits per heavy atom. The van der Waals surface area contributed by atoms with Crippen LogP contribution in [0.4, 0.5) is 10.1 Å². The quantitative estimate of drug-likeness (QED) is 0.872. The van der Waals surface area contributed by atoms with Crippen molar-refractivity contribution in [3.05, 3.63) is 24.0 Å². The average Bonchev–Trinajstić information content (AvgIpc) is 2.32. The summed E-state index contributed by atoms with van der Waals surface area (Å²) in [5.41, 5.74) is 1.03. The molecule has 0 bridgehead atoms. The smallest absolute Gasteiger partial charge is 0.165 e. The Labute approximate surface area is 102 Å². The fourth-order valence-corrected chi connectivity index (χ4v) is 2.12. The van der Waals surface area contributed by atoms with Crippen molar-refractivity contribution in [1.29, 1.82) is 0 Å². The van der Waals surface area contributed by atoms with E-state index in [0.29, 0.717) is 18.4 Å². The molecule has 0 radical (unpaired) electrons. The number of anilines is 1. The minimum absolute atomic E-state index is 0.293. The van der Waals surface area contributed by atoms with Crippen LogP contribution in [-0.2, 0) is 0 Å². The number of hydrogen-bond donors (Lipinski definition) is 1. The van der Waals surface area contributed by atoms with Gasteiger partial charge in [0.15, 0.2) is 11.6 Å². The fourth-order valence-electron chi connectivity index (χ4n) is 2.12. The lowest BCUT2D eigenvalue weighted by Crippen LogP contribution is -2.49. The van der Waals surface area contributed by atoms with Gasteiger partial charge in [-0.2, -0.15) is 0 Å². The van der Waals surface area contributed by atoms with Crippen LogP contribution in [-0.4, -0.2) is 32.3 Å². The van der Waals surface area contributed by atoms with E-state index in [1.807, 2.05) is 13.0 Å². The fraction of sp³-hybridized carbons (Fsp3) is 0.538. The molecule has 2 rings (SSSR count). The Balaban J connectivity index is 2.17. The Kier molecular flexibility index (Phi) is 3.84. The van der Waals surface area contributed by atoms with Gasteiger partial charge in [-0.25, -0.2) is 4.39 Å². The van der Waals surface area contributed by atoms with E-state index in [2.05, 4.69) is 17.1 Å². The van der Waals surface area contributed by atoms with Gasteiger partial charge in [-0.05, 0) is 26.0 Å². The van der Waals surface area contributed by atoms with Crippen LogP contribution in [0.1, 0.15) is 13.8 Å². The van der Waals surface area contributed by atoms with Gasteiger partial charge in [0.05, 0.1) is 6.61 Å². The summed E-state index contributed by atoms with van der Waals surface area (Å²) in [6, 6.07) is 5.55. The van der Waals surface area contributed by atoms with Crippen LogP contribution in [0.15, 0.2) is 18.2 Å². The van der Waals surface area contributed by atoms with Gasteiger partial charge in [-0.15, -0.1) is 0 Å². The van der Waals surface area contributed by atoms with E-state index in [4.69, 9.17) is 4.74 Å². The maximum Gasteiger partial charge on any atom is 0.165 e. The van der Waals surface area contributed by atoms with Gasteiger partial charge in [0.2, 0.25) is 0 Å². The molecule has 0 spiro atoms. The zero-order valence-corrected chi connectivity index (χ0v) is 10.4. The lowest BCUT2D eigenvalue weighted by Gasteiger charge is -2.33. The van der Waals surface area contributed by atoms with E-state index < -0.39 is 0 Å². The summed E-state index contributed by atoms with van der Waals surface area (Å²) in [4.78, 5) is 2.25. The van der Waals surface area contributed by atoms with Gasteiger partial charge in [0.25, 0.3) is 0 Å². The number of halogens is 1. The Hall–Kier alpha value is -1.29. The normalized spacial score (nSPS) is 20.4. The van der Waals surface area contributed by atoms with Crippen LogP contribution >= 0.6 is 0 Å². The first-order valence-electron chi connectivity index (χ1n) is 6.11. The SMILES string of the molecule is CCOc1cc(N2CCN[C@H](C)C2)ccc1F. The average molecular weight is 238 g/mol. The van der Waals surface area contributed by atoms with Crippen molar-refractivity contribution < 1.29 is 9.13 Å². The van der Waals surface area contributed by atoms with E-state index >= 15 is 0 Å². The topological polar surface area (TPSA) is 24.5 Å². The van der Waals surface area contributed by atoms with Crippen molar-refractivity contribution in [3.8, 4) is 5.75 Å². The highest BCUT2D eigenvalue weighted by Gasteiger charge is 2.17. The molecule has 1 heterocycles. The summed E-state index contributed by atoms with van der Waals surface area (Å²) < 4.78 is 18.7. The van der Waals surface area contributed by atoms with Crippen LogP contribution in [0.25, 0.3) is 0 Å². The van der Waals surface area contributed by atoms with Gasteiger partial charge in [0, 0.05) is 37.4 Å². The molecule has 1 aromatic carbocycles. The third kappa shape index (κ3) is 2.88. The molecular formula is C13H19FN2O. The molecule has 1 N–H and O–H groups in total. The predicted octanol–water partition coefficient (Wildman–Crippen LogP) is 2.02. The maximum absolute atomic E-state index is 13.4. The van der Waals surface area contributed by atoms with Crippen molar-refractivity contribution >= 4 is 5.69 Å². The van der Waals surface area contributed by atoms with Crippen LogP contribution in [0, 0.1) is 5.82 Å². The number of rotatable bonds is 3. The van der Waals surface area contributed by atoms with Crippen molar-refractivity contribution in [3.63, 3.8) is 0 Å². The molecule has 94 valence electrons. The van der Waals surface area contributed by atoms with Crippen LogP contribution in [0.5, 0.6) is 5.75 Å². The van der Waals surface area contributed by atoms with Crippen LogP contribution < -0.4 is 15.0 Å². The molecule has 1 aliphatic heterocycles. The van der Waals surface area contributed by atoms with E-state index in [0.717, 1.165) is 25.3 Å². The van der Waals surface area contributed by atoms with Crippen molar-refractivity contribution in [2.75, 3.05) is 31.1 Å². The number of nitrogens with one attached hydrogen (secondary N) is 1. The molecule has 17 heavy (non-hydrogen) atoms. The van der Waals surface area contributed by atoms with E-state index in [9.17, 15) is 4.39 Å². The minimum Gasteiger partial charge on any atom is -0.491 e. The van der Waals surface area contributed by atoms with Gasteiger partial charge in [-0.3, -0.25) is 0 Å². The first-order chi connectivity index (χ1) is 8.20. The van der Waals surface area contributed by atoms with Crippen molar-refractivity contribution in [2.24, 2.45) is 0 Å². The standard InChI is InChI=1S/C13H19FN2O/c1-3-17-13-8-11(4-5-12(13)14)16-7-6-15-10(2)9-16/h4-5,8,10,15H,3,6-7,9H2,1-2H3/t10-/m1/s1. The molecule has 0 saturated carbocycles. The molecule has 0 aromatic heterocycles. The highest BCUT2D eigenvalue weighted by atomic mass is 19.1. The third-order valence-corrected chi connectivity index (χ3v) is 2.95. The molecule has 4 heteroatoms. The summed E-state index contributed by atoms with van der Waals surface area (Å²) in [5, 5.41) is 3.39. The summed E-state index contributed by atoms with van der Waals surface area (Å²) >= 11 is 0. The second kappa shape index (κ2) is 5.36.